The van der Waals surface area contributed by atoms with Crippen LogP contribution in [0.15, 0.2) is 66.8 Å². The van der Waals surface area contributed by atoms with Crippen LogP contribution in [0.2, 0.25) is 0 Å². The number of hydrogen-bond donors (Lipinski definition) is 0. The van der Waals surface area contributed by atoms with E-state index in [0.717, 1.165) is 6.42 Å². The molecule has 0 heterocycles. The SMILES string of the molecule is C1=CCC(c2cccc3c2[cH-]c2ccccc23)=C1.[Zr]. The first kappa shape index (κ1) is 12.7. The normalized spacial score (nSPS) is 13.8. The molecule has 4 rings (SSSR count). The summed E-state index contributed by atoms with van der Waals surface area (Å²) in [4.78, 5) is 0. The summed E-state index contributed by atoms with van der Waals surface area (Å²) in [6.45, 7) is 0. The summed E-state index contributed by atoms with van der Waals surface area (Å²) >= 11 is 0. The second kappa shape index (κ2) is 4.98. The fourth-order valence-electron chi connectivity index (χ4n) is 2.91. The van der Waals surface area contributed by atoms with Crippen molar-refractivity contribution < 1.29 is 26.2 Å². The van der Waals surface area contributed by atoms with E-state index in [2.05, 4.69) is 66.8 Å². The first-order valence-corrected chi connectivity index (χ1v) is 6.37. The topological polar surface area (TPSA) is 0 Å². The van der Waals surface area contributed by atoms with Crippen molar-refractivity contribution in [3.8, 4) is 0 Å². The van der Waals surface area contributed by atoms with Crippen LogP contribution in [0.1, 0.15) is 12.0 Å². The Hall–Kier alpha value is -1.33. The van der Waals surface area contributed by atoms with E-state index in [-0.39, 0.29) is 26.2 Å². The molecule has 0 amide bonds. The van der Waals surface area contributed by atoms with E-state index in [1.165, 1.54) is 32.7 Å². The van der Waals surface area contributed by atoms with Crippen LogP contribution in [-0.4, -0.2) is 0 Å². The van der Waals surface area contributed by atoms with Crippen LogP contribution in [0, 0.1) is 0 Å². The van der Waals surface area contributed by atoms with Crippen LogP contribution >= 0.6 is 0 Å². The summed E-state index contributed by atoms with van der Waals surface area (Å²) < 4.78 is 0. The molecule has 0 unspecified atom stereocenters. The van der Waals surface area contributed by atoms with Crippen LogP contribution in [0.25, 0.3) is 27.1 Å². The molecule has 1 heteroatoms. The minimum absolute atomic E-state index is 0. The van der Waals surface area contributed by atoms with Gasteiger partial charge in [0, 0.05) is 26.2 Å². The number of rotatable bonds is 1. The van der Waals surface area contributed by atoms with Crippen molar-refractivity contribution in [1.82, 2.24) is 0 Å². The molecule has 0 N–H and O–H groups in total. The Morgan fingerprint density at radius 3 is 2.58 bits per heavy atom. The first-order valence-electron chi connectivity index (χ1n) is 6.37. The first-order chi connectivity index (χ1) is 8.93. The van der Waals surface area contributed by atoms with E-state index in [1.54, 1.807) is 0 Å². The van der Waals surface area contributed by atoms with Gasteiger partial charge in [-0.25, -0.2) is 0 Å². The predicted octanol–water partition coefficient (Wildman–Crippen LogP) is 5.05. The third-order valence-electron chi connectivity index (χ3n) is 3.77. The van der Waals surface area contributed by atoms with Gasteiger partial charge in [-0.05, 0) is 6.42 Å². The van der Waals surface area contributed by atoms with Gasteiger partial charge in [-0.15, -0.1) is 33.7 Å². The minimum atomic E-state index is 0. The van der Waals surface area contributed by atoms with Gasteiger partial charge < -0.3 is 0 Å². The monoisotopic (exact) mass is 319 g/mol. The zero-order chi connectivity index (χ0) is 11.9. The molecule has 0 bridgehead atoms. The summed E-state index contributed by atoms with van der Waals surface area (Å²) in [6.07, 6.45) is 7.65. The van der Waals surface area contributed by atoms with Crippen molar-refractivity contribution in [1.29, 1.82) is 0 Å². The molecule has 0 aliphatic heterocycles. The standard InChI is InChI=1S/C18H13.Zr/c1-2-7-13(6-1)15-10-5-11-17-16-9-4-3-8-14(16)12-18(15)17;/h1-6,8-12H,7H2;/q-1;. The second-order valence-electron chi connectivity index (χ2n) is 4.82. The van der Waals surface area contributed by atoms with E-state index in [1.807, 2.05) is 0 Å². The molecule has 19 heavy (non-hydrogen) atoms. The molecule has 0 radical (unpaired) electrons. The zero-order valence-electron chi connectivity index (χ0n) is 10.6. The third kappa shape index (κ3) is 1.97. The van der Waals surface area contributed by atoms with Crippen molar-refractivity contribution >= 4 is 27.1 Å². The Morgan fingerprint density at radius 2 is 1.74 bits per heavy atom. The van der Waals surface area contributed by atoms with E-state index >= 15 is 0 Å². The predicted molar refractivity (Wildman–Crippen MR) is 78.8 cm³/mol. The molecular formula is C18H13Zr-. The zero-order valence-corrected chi connectivity index (χ0v) is 13.0. The molecule has 0 fully saturated rings. The molecule has 0 nitrogen and oxygen atoms in total. The van der Waals surface area contributed by atoms with Gasteiger partial charge in [0.15, 0.2) is 0 Å². The molecule has 0 aromatic heterocycles. The summed E-state index contributed by atoms with van der Waals surface area (Å²) in [5.41, 5.74) is 2.81. The van der Waals surface area contributed by atoms with Crippen molar-refractivity contribution in [3.05, 3.63) is 72.3 Å². The number of fused-ring (bicyclic) bond motifs is 3. The van der Waals surface area contributed by atoms with Gasteiger partial charge in [-0.1, -0.05) is 65.8 Å². The molecule has 90 valence electrons. The molecule has 0 atom stereocenters. The largest absolute Gasteiger partial charge is 0.126 e. The molecule has 0 spiro atoms. The quantitative estimate of drug-likeness (QED) is 0.550. The molecule has 0 saturated carbocycles. The van der Waals surface area contributed by atoms with E-state index in [4.69, 9.17) is 0 Å². The van der Waals surface area contributed by atoms with Crippen molar-refractivity contribution in [2.75, 3.05) is 0 Å². The molecule has 1 aliphatic carbocycles. The molecule has 1 aliphatic rings. The molecule has 3 aromatic rings. The van der Waals surface area contributed by atoms with E-state index in [9.17, 15) is 0 Å². The maximum atomic E-state index is 2.32. The van der Waals surface area contributed by atoms with Crippen LogP contribution < -0.4 is 0 Å². The molecular weight excluding hydrogens is 307 g/mol. The van der Waals surface area contributed by atoms with Gasteiger partial charge in [0.25, 0.3) is 0 Å². The fourth-order valence-corrected chi connectivity index (χ4v) is 2.91. The van der Waals surface area contributed by atoms with Crippen LogP contribution in [-0.2, 0) is 26.2 Å². The smallest absolute Gasteiger partial charge is 0 e. The summed E-state index contributed by atoms with van der Waals surface area (Å²) in [5, 5.41) is 5.46. The Labute approximate surface area is 131 Å². The Morgan fingerprint density at radius 1 is 0.895 bits per heavy atom. The van der Waals surface area contributed by atoms with E-state index in [0.29, 0.717) is 0 Å². The number of allylic oxidation sites excluding steroid dienone is 4. The molecule has 3 aromatic carbocycles. The van der Waals surface area contributed by atoms with Gasteiger partial charge in [0.05, 0.1) is 0 Å². The van der Waals surface area contributed by atoms with Crippen LogP contribution in [0.5, 0.6) is 0 Å². The Kier molecular flexibility index (Phi) is 3.33. The van der Waals surface area contributed by atoms with Crippen molar-refractivity contribution in [3.63, 3.8) is 0 Å². The summed E-state index contributed by atoms with van der Waals surface area (Å²) in [6, 6.07) is 17.6. The Balaban J connectivity index is 0.00000110. The maximum Gasteiger partial charge on any atom is 0 e. The van der Waals surface area contributed by atoms with Gasteiger partial charge in [-0.2, -0.15) is 0 Å². The van der Waals surface area contributed by atoms with Crippen LogP contribution in [0.4, 0.5) is 0 Å². The average molecular weight is 321 g/mol. The van der Waals surface area contributed by atoms with E-state index < -0.39 is 0 Å². The average Bonchev–Trinajstić information content (AvgIpc) is 3.05. The van der Waals surface area contributed by atoms with Crippen molar-refractivity contribution in [2.24, 2.45) is 0 Å². The Bertz CT molecular complexity index is 803. The second-order valence-corrected chi connectivity index (χ2v) is 4.82. The van der Waals surface area contributed by atoms with Crippen molar-refractivity contribution in [2.45, 2.75) is 6.42 Å². The maximum absolute atomic E-state index is 2.32. The summed E-state index contributed by atoms with van der Waals surface area (Å²) in [7, 11) is 0. The van der Waals surface area contributed by atoms with Crippen LogP contribution in [0.3, 0.4) is 0 Å². The number of benzene rings is 2. The van der Waals surface area contributed by atoms with Gasteiger partial charge in [0.1, 0.15) is 0 Å². The van der Waals surface area contributed by atoms with Gasteiger partial charge in [-0.3, -0.25) is 0 Å². The van der Waals surface area contributed by atoms with Gasteiger partial charge >= 0.3 is 0 Å². The summed E-state index contributed by atoms with van der Waals surface area (Å²) in [5.74, 6) is 0. The number of hydrogen-bond acceptors (Lipinski definition) is 0. The fraction of sp³-hybridized carbons (Fsp3) is 0.0556. The third-order valence-corrected chi connectivity index (χ3v) is 3.77. The van der Waals surface area contributed by atoms with Gasteiger partial charge in [0.2, 0.25) is 0 Å². The molecule has 0 saturated heterocycles. The minimum Gasteiger partial charge on any atom is -0.126 e.